The summed E-state index contributed by atoms with van der Waals surface area (Å²) in [5.41, 5.74) is 0. The molecule has 0 aromatic carbocycles. The molecule has 2 heteroatoms. The van der Waals surface area contributed by atoms with Gasteiger partial charge in [0.15, 0.2) is 0 Å². The average molecular weight is 224 g/mol. The summed E-state index contributed by atoms with van der Waals surface area (Å²) in [7, 11) is 0. The number of nitrogens with one attached hydrogen (secondary N) is 1. The molecule has 94 valence electrons. The van der Waals surface area contributed by atoms with Crippen LogP contribution in [0.4, 0.5) is 0 Å². The van der Waals surface area contributed by atoms with E-state index in [1.165, 1.54) is 58.2 Å². The summed E-state index contributed by atoms with van der Waals surface area (Å²) in [6.45, 7) is 8.42. The van der Waals surface area contributed by atoms with Crippen LogP contribution in [0.2, 0.25) is 0 Å². The van der Waals surface area contributed by atoms with Gasteiger partial charge in [0.25, 0.3) is 0 Å². The van der Waals surface area contributed by atoms with Gasteiger partial charge in [0.2, 0.25) is 0 Å². The van der Waals surface area contributed by atoms with Gasteiger partial charge in [-0.1, -0.05) is 25.7 Å². The first-order chi connectivity index (χ1) is 7.75. The zero-order valence-electron chi connectivity index (χ0n) is 11.0. The van der Waals surface area contributed by atoms with Gasteiger partial charge in [0.1, 0.15) is 0 Å². The summed E-state index contributed by atoms with van der Waals surface area (Å²) in [6.07, 6.45) is 8.71. The molecule has 1 atom stereocenters. The molecular formula is C14H28N2. The highest BCUT2D eigenvalue weighted by molar-refractivity contribution is 4.83. The Kier molecular flexibility index (Phi) is 4.66. The third kappa shape index (κ3) is 3.46. The molecule has 1 saturated carbocycles. The van der Waals surface area contributed by atoms with Crippen molar-refractivity contribution in [3.8, 4) is 0 Å². The van der Waals surface area contributed by atoms with Crippen LogP contribution < -0.4 is 5.32 Å². The SMILES string of the molecule is CC(C)N1CCC(NCCC2CCCC2)C1. The van der Waals surface area contributed by atoms with Gasteiger partial charge in [-0.15, -0.1) is 0 Å². The summed E-state index contributed by atoms with van der Waals surface area (Å²) in [6, 6.07) is 1.49. The second-order valence-electron chi connectivity index (χ2n) is 5.97. The van der Waals surface area contributed by atoms with Crippen molar-refractivity contribution in [3.05, 3.63) is 0 Å². The Balaban J connectivity index is 1.57. The Hall–Kier alpha value is -0.0800. The predicted molar refractivity (Wildman–Crippen MR) is 69.7 cm³/mol. The van der Waals surface area contributed by atoms with Crippen molar-refractivity contribution in [2.75, 3.05) is 19.6 Å². The minimum atomic E-state index is 0.724. The maximum Gasteiger partial charge on any atom is 0.0207 e. The van der Waals surface area contributed by atoms with E-state index in [1.807, 2.05) is 0 Å². The van der Waals surface area contributed by atoms with Crippen LogP contribution in [0.3, 0.4) is 0 Å². The molecule has 0 amide bonds. The van der Waals surface area contributed by atoms with E-state index >= 15 is 0 Å². The molecule has 1 heterocycles. The topological polar surface area (TPSA) is 15.3 Å². The minimum Gasteiger partial charge on any atom is -0.313 e. The zero-order chi connectivity index (χ0) is 11.4. The minimum absolute atomic E-state index is 0.724. The number of hydrogen-bond acceptors (Lipinski definition) is 2. The van der Waals surface area contributed by atoms with Crippen molar-refractivity contribution in [3.63, 3.8) is 0 Å². The summed E-state index contributed by atoms with van der Waals surface area (Å²) < 4.78 is 0. The van der Waals surface area contributed by atoms with Gasteiger partial charge in [-0.25, -0.2) is 0 Å². The van der Waals surface area contributed by atoms with E-state index < -0.39 is 0 Å². The van der Waals surface area contributed by atoms with Gasteiger partial charge in [0.05, 0.1) is 0 Å². The van der Waals surface area contributed by atoms with Gasteiger partial charge in [-0.3, -0.25) is 4.90 Å². The van der Waals surface area contributed by atoms with E-state index in [0.29, 0.717) is 0 Å². The molecule has 0 bridgehead atoms. The molecule has 2 rings (SSSR count). The molecule has 0 radical (unpaired) electrons. The second kappa shape index (κ2) is 6.02. The van der Waals surface area contributed by atoms with E-state index in [0.717, 1.165) is 18.0 Å². The van der Waals surface area contributed by atoms with Crippen LogP contribution in [0.25, 0.3) is 0 Å². The third-order valence-electron chi connectivity index (χ3n) is 4.41. The largest absolute Gasteiger partial charge is 0.313 e. The highest BCUT2D eigenvalue weighted by Crippen LogP contribution is 2.27. The van der Waals surface area contributed by atoms with Gasteiger partial charge in [-0.2, -0.15) is 0 Å². The van der Waals surface area contributed by atoms with Crippen molar-refractivity contribution in [2.24, 2.45) is 5.92 Å². The zero-order valence-corrected chi connectivity index (χ0v) is 11.0. The Morgan fingerprint density at radius 1 is 1.19 bits per heavy atom. The highest BCUT2D eigenvalue weighted by atomic mass is 15.2. The average Bonchev–Trinajstić information content (AvgIpc) is 2.87. The quantitative estimate of drug-likeness (QED) is 0.772. The maximum absolute atomic E-state index is 3.75. The molecule has 1 saturated heterocycles. The fraction of sp³-hybridized carbons (Fsp3) is 1.00. The standard InChI is InChI=1S/C14H28N2/c1-12(2)16-10-8-14(11-16)15-9-7-13-5-3-4-6-13/h12-15H,3-11H2,1-2H3. The molecule has 1 N–H and O–H groups in total. The highest BCUT2D eigenvalue weighted by Gasteiger charge is 2.23. The molecule has 1 aliphatic carbocycles. The van der Waals surface area contributed by atoms with Crippen molar-refractivity contribution < 1.29 is 0 Å². The monoisotopic (exact) mass is 224 g/mol. The molecule has 0 spiro atoms. The number of rotatable bonds is 5. The Labute approximate surface area is 101 Å². The molecule has 1 unspecified atom stereocenters. The van der Waals surface area contributed by atoms with Crippen molar-refractivity contribution in [1.82, 2.24) is 10.2 Å². The Bertz CT molecular complexity index is 197. The third-order valence-corrected chi connectivity index (χ3v) is 4.41. The summed E-state index contributed by atoms with van der Waals surface area (Å²) >= 11 is 0. The van der Waals surface area contributed by atoms with Crippen molar-refractivity contribution >= 4 is 0 Å². The van der Waals surface area contributed by atoms with Crippen LogP contribution in [-0.2, 0) is 0 Å². The first kappa shape index (κ1) is 12.4. The molecule has 2 aliphatic rings. The fourth-order valence-corrected chi connectivity index (χ4v) is 3.21. The van der Waals surface area contributed by atoms with Gasteiger partial charge < -0.3 is 5.32 Å². The normalized spacial score (nSPS) is 28.3. The van der Waals surface area contributed by atoms with E-state index in [-0.39, 0.29) is 0 Å². The number of hydrogen-bond donors (Lipinski definition) is 1. The molecule has 1 aliphatic heterocycles. The molecule has 2 fully saturated rings. The molecule has 0 aromatic heterocycles. The summed E-state index contributed by atoms with van der Waals surface area (Å²) in [5.74, 6) is 1.04. The van der Waals surface area contributed by atoms with Crippen LogP contribution >= 0.6 is 0 Å². The van der Waals surface area contributed by atoms with E-state index in [9.17, 15) is 0 Å². The fourth-order valence-electron chi connectivity index (χ4n) is 3.21. The van der Waals surface area contributed by atoms with Crippen LogP contribution in [-0.4, -0.2) is 36.6 Å². The maximum atomic E-state index is 3.75. The lowest BCUT2D eigenvalue weighted by molar-refractivity contribution is 0.267. The Morgan fingerprint density at radius 3 is 2.56 bits per heavy atom. The summed E-state index contributed by atoms with van der Waals surface area (Å²) in [4.78, 5) is 2.59. The lowest BCUT2D eigenvalue weighted by Crippen LogP contribution is -2.35. The van der Waals surface area contributed by atoms with E-state index in [4.69, 9.17) is 0 Å². The molecule has 2 nitrogen and oxygen atoms in total. The van der Waals surface area contributed by atoms with Crippen molar-refractivity contribution in [2.45, 2.75) is 64.5 Å². The van der Waals surface area contributed by atoms with Crippen LogP contribution in [0.5, 0.6) is 0 Å². The Morgan fingerprint density at radius 2 is 1.94 bits per heavy atom. The summed E-state index contributed by atoms with van der Waals surface area (Å²) in [5, 5.41) is 3.75. The van der Waals surface area contributed by atoms with E-state index in [2.05, 4.69) is 24.1 Å². The molecule has 0 aromatic rings. The van der Waals surface area contributed by atoms with Gasteiger partial charge in [0, 0.05) is 18.6 Å². The first-order valence-corrected chi connectivity index (χ1v) is 7.23. The lowest BCUT2D eigenvalue weighted by atomic mass is 10.0. The van der Waals surface area contributed by atoms with Crippen LogP contribution in [0, 0.1) is 5.92 Å². The smallest absolute Gasteiger partial charge is 0.0207 e. The predicted octanol–water partition coefficient (Wildman–Crippen LogP) is 2.64. The van der Waals surface area contributed by atoms with Crippen LogP contribution in [0.15, 0.2) is 0 Å². The number of likely N-dealkylation sites (tertiary alicyclic amines) is 1. The van der Waals surface area contributed by atoms with E-state index in [1.54, 1.807) is 0 Å². The van der Waals surface area contributed by atoms with Crippen molar-refractivity contribution in [1.29, 1.82) is 0 Å². The number of nitrogens with zero attached hydrogens (tertiary/aromatic N) is 1. The van der Waals surface area contributed by atoms with Gasteiger partial charge >= 0.3 is 0 Å². The van der Waals surface area contributed by atoms with Crippen LogP contribution in [0.1, 0.15) is 52.4 Å². The molecule has 16 heavy (non-hydrogen) atoms. The lowest BCUT2D eigenvalue weighted by Gasteiger charge is -2.20. The van der Waals surface area contributed by atoms with Gasteiger partial charge in [-0.05, 0) is 45.7 Å². The molecular weight excluding hydrogens is 196 g/mol. The second-order valence-corrected chi connectivity index (χ2v) is 5.97. The first-order valence-electron chi connectivity index (χ1n) is 7.23.